The van der Waals surface area contributed by atoms with Gasteiger partial charge in [-0.2, -0.15) is 0 Å². The Morgan fingerprint density at radius 1 is 1.08 bits per heavy atom. The molecule has 7 nitrogen and oxygen atoms in total. The van der Waals surface area contributed by atoms with E-state index in [0.717, 1.165) is 11.1 Å². The van der Waals surface area contributed by atoms with Crippen LogP contribution < -0.4 is 0 Å². The summed E-state index contributed by atoms with van der Waals surface area (Å²) < 4.78 is 5.72. The Labute approximate surface area is 218 Å². The molecule has 1 aromatic heterocycles. The summed E-state index contributed by atoms with van der Waals surface area (Å²) in [6.45, 7) is 10.4. The molecule has 0 saturated carbocycles. The van der Waals surface area contributed by atoms with Crippen molar-refractivity contribution in [3.05, 3.63) is 95.6 Å². The maximum Gasteiger partial charge on any atom is 0.507 e. The van der Waals surface area contributed by atoms with E-state index in [0.29, 0.717) is 17.7 Å². The molecule has 194 valence electrons. The molecule has 0 spiro atoms. The van der Waals surface area contributed by atoms with Gasteiger partial charge in [0, 0.05) is 42.9 Å². The maximum absolute atomic E-state index is 14.4. The number of ether oxygens (including phenoxy) is 1. The summed E-state index contributed by atoms with van der Waals surface area (Å²) in [6, 6.07) is 16.8. The van der Waals surface area contributed by atoms with Gasteiger partial charge < -0.3 is 9.84 Å². The fourth-order valence-electron chi connectivity index (χ4n) is 5.46. The Morgan fingerprint density at radius 3 is 2.30 bits per heavy atom. The van der Waals surface area contributed by atoms with Gasteiger partial charge in [0.1, 0.15) is 0 Å². The van der Waals surface area contributed by atoms with Crippen molar-refractivity contribution in [3.8, 4) is 0 Å². The molecule has 37 heavy (non-hydrogen) atoms. The molecule has 0 radical (unpaired) electrons. The lowest BCUT2D eigenvalue weighted by molar-refractivity contribution is -0.108. The van der Waals surface area contributed by atoms with Crippen molar-refractivity contribution in [2.45, 2.75) is 70.6 Å². The largest absolute Gasteiger partial charge is 0.507 e. The first-order chi connectivity index (χ1) is 17.5. The quantitative estimate of drug-likeness (QED) is 0.384. The van der Waals surface area contributed by atoms with Crippen LogP contribution in [0.5, 0.6) is 0 Å². The van der Waals surface area contributed by atoms with Gasteiger partial charge in [-0.15, -0.1) is 0 Å². The number of aromatic nitrogens is 2. The Kier molecular flexibility index (Phi) is 7.35. The van der Waals surface area contributed by atoms with E-state index in [4.69, 9.17) is 4.74 Å². The molecular formula is C30H35N3O4. The van der Waals surface area contributed by atoms with Gasteiger partial charge in [0.25, 0.3) is 5.91 Å². The molecule has 3 aromatic rings. The summed E-state index contributed by atoms with van der Waals surface area (Å²) in [6.07, 6.45) is 4.13. The van der Waals surface area contributed by atoms with Crippen molar-refractivity contribution in [1.29, 1.82) is 0 Å². The number of carbonyl (C=O) groups is 2. The van der Waals surface area contributed by atoms with Crippen LogP contribution in [0.3, 0.4) is 0 Å². The summed E-state index contributed by atoms with van der Waals surface area (Å²) in [5.41, 5.74) is 1.73. The molecule has 1 saturated heterocycles. The molecule has 1 amide bonds. The highest BCUT2D eigenvalue weighted by atomic mass is 16.7. The van der Waals surface area contributed by atoms with Crippen molar-refractivity contribution in [3.63, 3.8) is 0 Å². The van der Waals surface area contributed by atoms with Gasteiger partial charge in [-0.25, -0.2) is 4.79 Å². The summed E-state index contributed by atoms with van der Waals surface area (Å²) >= 11 is 0. The Hall–Kier alpha value is -3.74. The van der Waals surface area contributed by atoms with Crippen LogP contribution in [-0.2, 0) is 10.2 Å². The summed E-state index contributed by atoms with van der Waals surface area (Å²) in [5, 5.41) is 9.87. The highest BCUT2D eigenvalue weighted by Crippen LogP contribution is 2.54. The van der Waals surface area contributed by atoms with Crippen molar-refractivity contribution in [2.24, 2.45) is 5.92 Å². The Balaban J connectivity index is 1.91. The lowest BCUT2D eigenvalue weighted by Crippen LogP contribution is -2.52. The first-order valence-corrected chi connectivity index (χ1v) is 12.7. The highest BCUT2D eigenvalue weighted by Gasteiger charge is 2.58. The summed E-state index contributed by atoms with van der Waals surface area (Å²) in [5.74, 6) is -0.524. The van der Waals surface area contributed by atoms with Crippen LogP contribution in [0.4, 0.5) is 4.79 Å². The number of benzene rings is 2. The van der Waals surface area contributed by atoms with Gasteiger partial charge >= 0.3 is 6.16 Å². The third kappa shape index (κ3) is 5.50. The van der Waals surface area contributed by atoms with E-state index in [2.05, 4.69) is 30.7 Å². The minimum Gasteiger partial charge on any atom is -0.450 e. The zero-order chi connectivity index (χ0) is 26.8. The number of carboxylic acid groups (broad SMARTS) is 1. The molecule has 7 heteroatoms. The van der Waals surface area contributed by atoms with Gasteiger partial charge in [0.15, 0.2) is 5.72 Å². The minimum atomic E-state index is -1.41. The maximum atomic E-state index is 14.4. The van der Waals surface area contributed by atoms with Crippen molar-refractivity contribution >= 4 is 12.1 Å². The molecule has 0 bridgehead atoms. The lowest BCUT2D eigenvalue weighted by Gasteiger charge is -2.41. The SMILES string of the molecule is CC(C)C[C@]1(OC(=O)O)C[C@H](c2cnccn2)[C@H](c2ccccc2)N1C(=O)c1ccc(C(C)(C)C)cc1. The number of rotatable bonds is 6. The van der Waals surface area contributed by atoms with Gasteiger partial charge in [-0.3, -0.25) is 19.7 Å². The van der Waals surface area contributed by atoms with Gasteiger partial charge in [0.05, 0.1) is 11.7 Å². The van der Waals surface area contributed by atoms with Crippen LogP contribution in [0, 0.1) is 5.92 Å². The van der Waals surface area contributed by atoms with Crippen LogP contribution in [0.15, 0.2) is 73.2 Å². The number of amides is 1. The lowest BCUT2D eigenvalue weighted by atomic mass is 9.86. The zero-order valence-electron chi connectivity index (χ0n) is 22.1. The van der Waals surface area contributed by atoms with Crippen molar-refractivity contribution in [2.75, 3.05) is 0 Å². The van der Waals surface area contributed by atoms with Crippen LogP contribution in [0.1, 0.15) is 86.6 Å². The average Bonchev–Trinajstić information content (AvgIpc) is 3.17. The second-order valence-corrected chi connectivity index (χ2v) is 11.2. The molecule has 2 heterocycles. The number of hydrogen-bond acceptors (Lipinski definition) is 5. The third-order valence-corrected chi connectivity index (χ3v) is 6.96. The molecule has 1 fully saturated rings. The van der Waals surface area contributed by atoms with Crippen LogP contribution in [-0.4, -0.2) is 37.8 Å². The smallest absolute Gasteiger partial charge is 0.450 e. The van der Waals surface area contributed by atoms with E-state index in [1.807, 2.05) is 68.4 Å². The van der Waals surface area contributed by atoms with Crippen LogP contribution >= 0.6 is 0 Å². The first kappa shape index (κ1) is 26.3. The number of nitrogens with zero attached hydrogens (tertiary/aromatic N) is 3. The molecule has 4 rings (SSSR count). The fourth-order valence-corrected chi connectivity index (χ4v) is 5.46. The third-order valence-electron chi connectivity index (χ3n) is 6.96. The number of likely N-dealkylation sites (tertiary alicyclic amines) is 1. The van der Waals surface area contributed by atoms with E-state index in [1.54, 1.807) is 23.5 Å². The highest BCUT2D eigenvalue weighted by molar-refractivity contribution is 5.95. The molecule has 0 unspecified atom stereocenters. The molecule has 2 aromatic carbocycles. The second kappa shape index (κ2) is 10.3. The second-order valence-electron chi connectivity index (χ2n) is 11.2. The molecule has 0 aliphatic carbocycles. The van der Waals surface area contributed by atoms with Gasteiger partial charge in [-0.1, -0.05) is 77.1 Å². The molecule has 1 aliphatic heterocycles. The van der Waals surface area contributed by atoms with Gasteiger partial charge in [-0.05, 0) is 34.6 Å². The fraction of sp³-hybridized carbons (Fsp3) is 0.400. The van der Waals surface area contributed by atoms with E-state index in [-0.39, 0.29) is 29.6 Å². The van der Waals surface area contributed by atoms with E-state index in [1.165, 1.54) is 0 Å². The minimum absolute atomic E-state index is 0.0628. The van der Waals surface area contributed by atoms with Crippen LogP contribution in [0.2, 0.25) is 0 Å². The summed E-state index contributed by atoms with van der Waals surface area (Å²) in [7, 11) is 0. The number of carbonyl (C=O) groups excluding carboxylic acids is 1. The Morgan fingerprint density at radius 2 is 1.76 bits per heavy atom. The average molecular weight is 502 g/mol. The Bertz CT molecular complexity index is 1220. The van der Waals surface area contributed by atoms with E-state index >= 15 is 0 Å². The predicted molar refractivity (Wildman–Crippen MR) is 141 cm³/mol. The monoisotopic (exact) mass is 501 g/mol. The molecule has 1 N–H and O–H groups in total. The van der Waals surface area contributed by atoms with E-state index in [9.17, 15) is 14.7 Å². The van der Waals surface area contributed by atoms with Crippen molar-refractivity contribution < 1.29 is 19.4 Å². The standard InChI is InChI=1S/C30H35N3O4/c1-20(2)17-30(37-28(35)36)18-24(25-19-31-15-16-32-25)26(21-9-7-6-8-10-21)33(30)27(34)22-11-13-23(14-12-22)29(3,4)5/h6-16,19-20,24,26H,17-18H2,1-5H3,(H,35,36)/t24-,26+,30+/m1/s1. The van der Waals surface area contributed by atoms with Crippen molar-refractivity contribution in [1.82, 2.24) is 14.9 Å². The summed E-state index contributed by atoms with van der Waals surface area (Å²) in [4.78, 5) is 36.9. The van der Waals surface area contributed by atoms with Crippen LogP contribution in [0.25, 0.3) is 0 Å². The zero-order valence-corrected chi connectivity index (χ0v) is 22.1. The molecule has 1 aliphatic rings. The number of hydrogen-bond donors (Lipinski definition) is 1. The molecular weight excluding hydrogens is 466 g/mol. The molecule has 3 atom stereocenters. The topological polar surface area (TPSA) is 92.6 Å². The first-order valence-electron chi connectivity index (χ1n) is 12.7. The van der Waals surface area contributed by atoms with E-state index < -0.39 is 17.9 Å². The predicted octanol–water partition coefficient (Wildman–Crippen LogP) is 6.58. The normalized spacial score (nSPS) is 21.7. The van der Waals surface area contributed by atoms with Gasteiger partial charge in [0.2, 0.25) is 0 Å².